The Morgan fingerprint density at radius 2 is 1.94 bits per heavy atom. The van der Waals surface area contributed by atoms with Crippen molar-refractivity contribution in [3.8, 4) is 5.75 Å². The number of aryl methyl sites for hydroxylation is 1. The van der Waals surface area contributed by atoms with Gasteiger partial charge in [0.1, 0.15) is 11.6 Å². The molecular weight excluding hydrogens is 409 g/mol. The SMILES string of the molecule is COc1cc(C[C@@]2(CCC(=O)NCc3c(F)ccc(C)c3F)CCC(=O)N2)ccc1F. The largest absolute Gasteiger partial charge is 0.494 e. The lowest BCUT2D eigenvalue weighted by molar-refractivity contribution is -0.122. The van der Waals surface area contributed by atoms with Gasteiger partial charge in [-0.3, -0.25) is 9.59 Å². The fourth-order valence-corrected chi connectivity index (χ4v) is 3.89. The lowest BCUT2D eigenvalue weighted by Gasteiger charge is -2.29. The van der Waals surface area contributed by atoms with Gasteiger partial charge in [-0.1, -0.05) is 12.1 Å². The van der Waals surface area contributed by atoms with E-state index in [1.165, 1.54) is 32.2 Å². The van der Waals surface area contributed by atoms with Crippen LogP contribution in [-0.4, -0.2) is 24.5 Å². The Balaban J connectivity index is 1.65. The third kappa shape index (κ3) is 5.37. The second-order valence-electron chi connectivity index (χ2n) is 7.91. The van der Waals surface area contributed by atoms with E-state index in [0.29, 0.717) is 31.2 Å². The fourth-order valence-electron chi connectivity index (χ4n) is 3.89. The van der Waals surface area contributed by atoms with Crippen molar-refractivity contribution in [2.45, 2.75) is 51.1 Å². The number of ether oxygens (including phenoxy) is 1. The zero-order valence-electron chi connectivity index (χ0n) is 17.5. The van der Waals surface area contributed by atoms with Gasteiger partial charge in [0, 0.05) is 30.5 Å². The van der Waals surface area contributed by atoms with Crippen molar-refractivity contribution in [1.82, 2.24) is 10.6 Å². The molecule has 0 spiro atoms. The molecule has 1 atom stereocenters. The number of benzene rings is 2. The third-order valence-electron chi connectivity index (χ3n) is 5.67. The van der Waals surface area contributed by atoms with Crippen LogP contribution in [0.25, 0.3) is 0 Å². The van der Waals surface area contributed by atoms with Crippen molar-refractivity contribution in [2.24, 2.45) is 0 Å². The van der Waals surface area contributed by atoms with Crippen LogP contribution in [0.4, 0.5) is 13.2 Å². The minimum Gasteiger partial charge on any atom is -0.494 e. The standard InChI is InChI=1S/C23H25F3N2O3/c1-14-3-5-17(24)16(22(14)26)13-27-20(29)7-9-23(10-8-21(30)28-23)12-15-4-6-18(25)19(11-15)31-2/h3-6,11H,7-10,12-13H2,1-2H3,(H,27,29)(H,28,30)/t23-/m1/s1. The van der Waals surface area contributed by atoms with Crippen LogP contribution >= 0.6 is 0 Å². The highest BCUT2D eigenvalue weighted by atomic mass is 19.1. The van der Waals surface area contributed by atoms with Crippen LogP contribution in [-0.2, 0) is 22.6 Å². The average Bonchev–Trinajstić information content (AvgIpc) is 3.11. The number of halogens is 3. The molecule has 2 aromatic rings. The summed E-state index contributed by atoms with van der Waals surface area (Å²) in [5.41, 5.74) is 0.227. The van der Waals surface area contributed by atoms with E-state index in [2.05, 4.69) is 10.6 Å². The lowest BCUT2D eigenvalue weighted by atomic mass is 9.85. The van der Waals surface area contributed by atoms with E-state index < -0.39 is 23.0 Å². The molecule has 0 aliphatic carbocycles. The van der Waals surface area contributed by atoms with Crippen molar-refractivity contribution in [2.75, 3.05) is 7.11 Å². The molecule has 0 unspecified atom stereocenters. The molecule has 0 aromatic heterocycles. The summed E-state index contributed by atoms with van der Waals surface area (Å²) in [7, 11) is 1.37. The minimum atomic E-state index is -0.715. The van der Waals surface area contributed by atoms with Crippen LogP contribution in [0.5, 0.6) is 5.75 Å². The van der Waals surface area contributed by atoms with Crippen molar-refractivity contribution in [1.29, 1.82) is 0 Å². The number of rotatable bonds is 8. The van der Waals surface area contributed by atoms with Crippen LogP contribution in [0.1, 0.15) is 42.4 Å². The Morgan fingerprint density at radius 3 is 2.61 bits per heavy atom. The van der Waals surface area contributed by atoms with Gasteiger partial charge in [-0.15, -0.1) is 0 Å². The first kappa shape index (κ1) is 22.7. The molecular formula is C23H25F3N2O3. The highest BCUT2D eigenvalue weighted by Gasteiger charge is 2.38. The maximum Gasteiger partial charge on any atom is 0.220 e. The number of carbonyl (C=O) groups excluding carboxylic acids is 2. The summed E-state index contributed by atoms with van der Waals surface area (Å²) in [6.45, 7) is 1.27. The minimum absolute atomic E-state index is 0.0632. The Morgan fingerprint density at radius 1 is 1.19 bits per heavy atom. The zero-order valence-corrected chi connectivity index (χ0v) is 17.5. The molecule has 1 saturated heterocycles. The van der Waals surface area contributed by atoms with Crippen LogP contribution in [0, 0.1) is 24.4 Å². The number of amides is 2. The quantitative estimate of drug-likeness (QED) is 0.666. The fraction of sp³-hybridized carbons (Fsp3) is 0.391. The number of hydrogen-bond acceptors (Lipinski definition) is 3. The molecule has 1 fully saturated rings. The Hall–Kier alpha value is -3.03. The Bertz CT molecular complexity index is 996. The van der Waals surface area contributed by atoms with E-state index in [9.17, 15) is 22.8 Å². The molecule has 2 aromatic carbocycles. The van der Waals surface area contributed by atoms with Gasteiger partial charge in [0.2, 0.25) is 11.8 Å². The number of carbonyl (C=O) groups is 2. The second-order valence-corrected chi connectivity index (χ2v) is 7.91. The second kappa shape index (κ2) is 9.41. The lowest BCUT2D eigenvalue weighted by Crippen LogP contribution is -2.44. The normalized spacial score (nSPS) is 18.0. The highest BCUT2D eigenvalue weighted by molar-refractivity contribution is 5.80. The first-order valence-corrected chi connectivity index (χ1v) is 10.1. The molecule has 166 valence electrons. The monoisotopic (exact) mass is 434 g/mol. The van der Waals surface area contributed by atoms with Crippen LogP contribution in [0.15, 0.2) is 30.3 Å². The molecule has 2 amide bonds. The summed E-state index contributed by atoms with van der Waals surface area (Å²) >= 11 is 0. The van der Waals surface area contributed by atoms with Gasteiger partial charge < -0.3 is 15.4 Å². The summed E-state index contributed by atoms with van der Waals surface area (Å²) in [6.07, 6.45) is 1.67. The van der Waals surface area contributed by atoms with Gasteiger partial charge in [-0.2, -0.15) is 0 Å². The maximum absolute atomic E-state index is 14.1. The topological polar surface area (TPSA) is 67.4 Å². The van der Waals surface area contributed by atoms with Gasteiger partial charge in [0.25, 0.3) is 0 Å². The Labute approximate surface area is 179 Å². The first-order chi connectivity index (χ1) is 14.7. The molecule has 1 heterocycles. The van der Waals surface area contributed by atoms with E-state index in [4.69, 9.17) is 4.74 Å². The smallest absolute Gasteiger partial charge is 0.220 e. The van der Waals surface area contributed by atoms with Crippen LogP contribution in [0.3, 0.4) is 0 Å². The molecule has 1 aliphatic rings. The van der Waals surface area contributed by atoms with Crippen molar-refractivity contribution >= 4 is 11.8 Å². The van der Waals surface area contributed by atoms with E-state index in [1.807, 2.05) is 0 Å². The predicted octanol–water partition coefficient (Wildman–Crippen LogP) is 3.71. The van der Waals surface area contributed by atoms with Crippen molar-refractivity contribution < 1.29 is 27.5 Å². The molecule has 0 radical (unpaired) electrons. The van der Waals surface area contributed by atoms with Crippen molar-refractivity contribution in [3.63, 3.8) is 0 Å². The predicted molar refractivity (Wildman–Crippen MR) is 109 cm³/mol. The van der Waals surface area contributed by atoms with Gasteiger partial charge in [-0.25, -0.2) is 13.2 Å². The van der Waals surface area contributed by atoms with Crippen molar-refractivity contribution in [3.05, 3.63) is 64.5 Å². The molecule has 0 bridgehead atoms. The molecule has 5 nitrogen and oxygen atoms in total. The Kier molecular flexibility index (Phi) is 6.87. The average molecular weight is 434 g/mol. The van der Waals surface area contributed by atoms with E-state index in [1.54, 1.807) is 12.1 Å². The van der Waals surface area contributed by atoms with Gasteiger partial charge in [0.05, 0.1) is 7.11 Å². The molecule has 8 heteroatoms. The summed E-state index contributed by atoms with van der Waals surface area (Å²) in [4.78, 5) is 24.3. The first-order valence-electron chi connectivity index (χ1n) is 10.1. The molecule has 3 rings (SSSR count). The van der Waals surface area contributed by atoms with E-state index >= 15 is 0 Å². The maximum atomic E-state index is 14.1. The van der Waals surface area contributed by atoms with Crippen LogP contribution in [0.2, 0.25) is 0 Å². The molecule has 1 aliphatic heterocycles. The summed E-state index contributed by atoms with van der Waals surface area (Å²) in [5, 5.41) is 5.50. The van der Waals surface area contributed by atoms with Gasteiger partial charge in [-0.05, 0) is 55.5 Å². The zero-order chi connectivity index (χ0) is 22.6. The number of nitrogens with one attached hydrogen (secondary N) is 2. The van der Waals surface area contributed by atoms with Crippen LogP contribution < -0.4 is 15.4 Å². The molecule has 31 heavy (non-hydrogen) atoms. The van der Waals surface area contributed by atoms with E-state index in [-0.39, 0.29) is 36.1 Å². The number of hydrogen-bond donors (Lipinski definition) is 2. The summed E-state index contributed by atoms with van der Waals surface area (Å²) < 4.78 is 46.7. The van der Waals surface area contributed by atoms with Gasteiger partial charge in [0.15, 0.2) is 11.6 Å². The third-order valence-corrected chi connectivity index (χ3v) is 5.67. The van der Waals surface area contributed by atoms with Gasteiger partial charge >= 0.3 is 0 Å². The summed E-state index contributed by atoms with van der Waals surface area (Å²) in [6, 6.07) is 7.00. The van der Waals surface area contributed by atoms with E-state index in [0.717, 1.165) is 5.56 Å². The molecule has 0 saturated carbocycles. The number of methoxy groups -OCH3 is 1. The molecule has 2 N–H and O–H groups in total. The highest BCUT2D eigenvalue weighted by Crippen LogP contribution is 2.31. The summed E-state index contributed by atoms with van der Waals surface area (Å²) in [5.74, 6) is -2.25.